The highest BCUT2D eigenvalue weighted by atomic mass is 16.4. The Morgan fingerprint density at radius 1 is 1.31 bits per heavy atom. The first-order valence-electron chi connectivity index (χ1n) is 3.99. The van der Waals surface area contributed by atoms with Crippen LogP contribution in [0.15, 0.2) is 0 Å². The zero-order valence-corrected chi connectivity index (χ0v) is 8.44. The summed E-state index contributed by atoms with van der Waals surface area (Å²) < 4.78 is 0. The summed E-state index contributed by atoms with van der Waals surface area (Å²) in [4.78, 5) is 24.6. The number of likely N-dealkylation sites (N-methyl/N-ethyl adjacent to an activating group) is 2. The van der Waals surface area contributed by atoms with Gasteiger partial charge >= 0.3 is 5.97 Å². The third-order valence-electron chi connectivity index (χ3n) is 1.84. The Kier molecular flexibility index (Phi) is 4.40. The maximum atomic E-state index is 11.4. The molecule has 1 unspecified atom stereocenters. The fraction of sp³-hybridized carbons (Fsp3) is 0.750. The highest BCUT2D eigenvalue weighted by molar-refractivity contribution is 5.81. The van der Waals surface area contributed by atoms with E-state index in [-0.39, 0.29) is 12.5 Å². The van der Waals surface area contributed by atoms with Crippen molar-refractivity contribution in [1.82, 2.24) is 9.80 Å². The smallest absolute Gasteiger partial charge is 0.317 e. The van der Waals surface area contributed by atoms with Gasteiger partial charge in [0.1, 0.15) is 0 Å². The van der Waals surface area contributed by atoms with Crippen LogP contribution >= 0.6 is 0 Å². The third-order valence-corrected chi connectivity index (χ3v) is 1.84. The monoisotopic (exact) mass is 188 g/mol. The van der Waals surface area contributed by atoms with E-state index in [1.165, 1.54) is 9.80 Å². The Labute approximate surface area is 77.9 Å². The van der Waals surface area contributed by atoms with Crippen LogP contribution in [0.5, 0.6) is 0 Å². The number of carboxylic acid groups (broad SMARTS) is 1. The fourth-order valence-corrected chi connectivity index (χ4v) is 0.912. The number of carboxylic acids is 1. The molecule has 0 aromatic heterocycles. The van der Waals surface area contributed by atoms with Crippen LogP contribution in [0.3, 0.4) is 0 Å². The van der Waals surface area contributed by atoms with E-state index in [0.29, 0.717) is 0 Å². The summed E-state index contributed by atoms with van der Waals surface area (Å²) in [5.41, 5.74) is 0. The standard InChI is InChI=1S/C8H16N2O3/c1-6(8(13)9(2)3)10(4)5-7(11)12/h6H,5H2,1-4H3,(H,11,12). The van der Waals surface area contributed by atoms with Crippen molar-refractivity contribution in [3.63, 3.8) is 0 Å². The van der Waals surface area contributed by atoms with Crippen LogP contribution in [0.1, 0.15) is 6.92 Å². The van der Waals surface area contributed by atoms with Crippen molar-refractivity contribution in [1.29, 1.82) is 0 Å². The molecule has 1 N–H and O–H groups in total. The van der Waals surface area contributed by atoms with Gasteiger partial charge in [-0.1, -0.05) is 0 Å². The van der Waals surface area contributed by atoms with E-state index >= 15 is 0 Å². The lowest BCUT2D eigenvalue weighted by molar-refractivity contribution is -0.140. The number of aliphatic carboxylic acids is 1. The lowest BCUT2D eigenvalue weighted by atomic mass is 10.2. The summed E-state index contributed by atoms with van der Waals surface area (Å²) >= 11 is 0. The minimum absolute atomic E-state index is 0.0937. The van der Waals surface area contributed by atoms with Gasteiger partial charge in [0.2, 0.25) is 5.91 Å². The second-order valence-corrected chi connectivity index (χ2v) is 3.22. The van der Waals surface area contributed by atoms with E-state index in [4.69, 9.17) is 5.11 Å². The molecule has 0 saturated carbocycles. The van der Waals surface area contributed by atoms with E-state index in [2.05, 4.69) is 0 Å². The van der Waals surface area contributed by atoms with E-state index in [1.54, 1.807) is 28.1 Å². The van der Waals surface area contributed by atoms with Crippen molar-refractivity contribution < 1.29 is 14.7 Å². The molecular formula is C8H16N2O3. The Morgan fingerprint density at radius 3 is 2.08 bits per heavy atom. The first kappa shape index (κ1) is 11.9. The molecular weight excluding hydrogens is 172 g/mol. The van der Waals surface area contributed by atoms with Gasteiger partial charge in [-0.05, 0) is 14.0 Å². The molecule has 13 heavy (non-hydrogen) atoms. The fourth-order valence-electron chi connectivity index (χ4n) is 0.912. The molecule has 0 aliphatic rings. The molecule has 0 radical (unpaired) electrons. The first-order chi connectivity index (χ1) is 5.86. The summed E-state index contributed by atoms with van der Waals surface area (Å²) in [6.45, 7) is 1.56. The molecule has 0 rings (SSSR count). The number of hydrogen-bond donors (Lipinski definition) is 1. The van der Waals surface area contributed by atoms with Crippen molar-refractivity contribution in [2.24, 2.45) is 0 Å². The highest BCUT2D eigenvalue weighted by Crippen LogP contribution is 1.98. The molecule has 1 amide bonds. The second kappa shape index (κ2) is 4.81. The van der Waals surface area contributed by atoms with Crippen molar-refractivity contribution in [3.8, 4) is 0 Å². The normalized spacial score (nSPS) is 12.7. The zero-order valence-electron chi connectivity index (χ0n) is 8.44. The predicted octanol–water partition coefficient (Wildman–Crippen LogP) is -0.520. The first-order valence-corrected chi connectivity index (χ1v) is 3.99. The lowest BCUT2D eigenvalue weighted by Gasteiger charge is -2.24. The molecule has 0 aliphatic carbocycles. The molecule has 1 atom stereocenters. The number of nitrogens with zero attached hydrogens (tertiary/aromatic N) is 2. The molecule has 0 heterocycles. The third kappa shape index (κ3) is 3.89. The van der Waals surface area contributed by atoms with Crippen LogP contribution in [-0.4, -0.2) is 60.5 Å². The number of carbonyl (C=O) groups excluding carboxylic acids is 1. The molecule has 76 valence electrons. The van der Waals surface area contributed by atoms with Gasteiger partial charge in [-0.15, -0.1) is 0 Å². The highest BCUT2D eigenvalue weighted by Gasteiger charge is 2.20. The molecule has 0 aromatic carbocycles. The summed E-state index contributed by atoms with van der Waals surface area (Å²) in [7, 11) is 4.90. The van der Waals surface area contributed by atoms with Gasteiger partial charge in [-0.3, -0.25) is 14.5 Å². The molecule has 0 bridgehead atoms. The van der Waals surface area contributed by atoms with E-state index < -0.39 is 12.0 Å². The summed E-state index contributed by atoms with van der Waals surface area (Å²) in [6, 6.07) is -0.397. The Balaban J connectivity index is 4.17. The van der Waals surface area contributed by atoms with Crippen LogP contribution in [0.25, 0.3) is 0 Å². The Hall–Kier alpha value is -1.10. The van der Waals surface area contributed by atoms with Crippen LogP contribution in [0.2, 0.25) is 0 Å². The van der Waals surface area contributed by atoms with Gasteiger partial charge in [-0.25, -0.2) is 0 Å². The van der Waals surface area contributed by atoms with E-state index in [1.807, 2.05) is 0 Å². The minimum Gasteiger partial charge on any atom is -0.480 e. The lowest BCUT2D eigenvalue weighted by Crippen LogP contribution is -2.44. The van der Waals surface area contributed by atoms with Crippen LogP contribution in [-0.2, 0) is 9.59 Å². The molecule has 0 spiro atoms. The molecule has 0 fully saturated rings. The Morgan fingerprint density at radius 2 is 1.77 bits per heavy atom. The molecule has 5 heteroatoms. The van der Waals surface area contributed by atoms with Gasteiger partial charge in [0.05, 0.1) is 12.6 Å². The Bertz CT molecular complexity index is 204. The second-order valence-electron chi connectivity index (χ2n) is 3.22. The molecule has 5 nitrogen and oxygen atoms in total. The van der Waals surface area contributed by atoms with Gasteiger partial charge in [0, 0.05) is 14.1 Å². The van der Waals surface area contributed by atoms with Gasteiger partial charge in [0.15, 0.2) is 0 Å². The maximum absolute atomic E-state index is 11.4. The van der Waals surface area contributed by atoms with Gasteiger partial charge < -0.3 is 10.0 Å². The summed E-state index contributed by atoms with van der Waals surface area (Å²) in [6.07, 6.45) is 0. The minimum atomic E-state index is -0.930. The molecule has 0 aromatic rings. The van der Waals surface area contributed by atoms with Gasteiger partial charge in [0.25, 0.3) is 0 Å². The van der Waals surface area contributed by atoms with Crippen molar-refractivity contribution in [2.45, 2.75) is 13.0 Å². The summed E-state index contributed by atoms with van der Waals surface area (Å²) in [5.74, 6) is -1.02. The zero-order chi connectivity index (χ0) is 10.6. The quantitative estimate of drug-likeness (QED) is 0.645. The van der Waals surface area contributed by atoms with Crippen molar-refractivity contribution in [3.05, 3.63) is 0 Å². The average molecular weight is 188 g/mol. The van der Waals surface area contributed by atoms with Gasteiger partial charge in [-0.2, -0.15) is 0 Å². The number of rotatable bonds is 4. The van der Waals surface area contributed by atoms with Crippen LogP contribution in [0.4, 0.5) is 0 Å². The number of hydrogen-bond acceptors (Lipinski definition) is 3. The van der Waals surface area contributed by atoms with Crippen molar-refractivity contribution >= 4 is 11.9 Å². The maximum Gasteiger partial charge on any atom is 0.317 e. The molecule has 0 saturated heterocycles. The number of carbonyl (C=O) groups is 2. The van der Waals surface area contributed by atoms with E-state index in [9.17, 15) is 9.59 Å². The SMILES string of the molecule is CC(C(=O)N(C)C)N(C)CC(=O)O. The number of amides is 1. The topological polar surface area (TPSA) is 60.9 Å². The average Bonchev–Trinajstić information content (AvgIpc) is 2.00. The van der Waals surface area contributed by atoms with Crippen LogP contribution < -0.4 is 0 Å². The molecule has 0 aliphatic heterocycles. The largest absolute Gasteiger partial charge is 0.480 e. The van der Waals surface area contributed by atoms with Crippen LogP contribution in [0, 0.1) is 0 Å². The summed E-state index contributed by atoms with van der Waals surface area (Å²) in [5, 5.41) is 8.49. The van der Waals surface area contributed by atoms with E-state index in [0.717, 1.165) is 0 Å². The predicted molar refractivity (Wildman–Crippen MR) is 48.4 cm³/mol. The van der Waals surface area contributed by atoms with Crippen molar-refractivity contribution in [2.75, 3.05) is 27.7 Å².